The average Bonchev–Trinajstić information content (AvgIpc) is 3.18. The minimum Gasteiger partial charge on any atom is -0.442 e. The van der Waals surface area contributed by atoms with Crippen molar-refractivity contribution in [2.45, 2.75) is 39.7 Å². The number of ether oxygens (including phenoxy) is 1. The van der Waals surface area contributed by atoms with E-state index in [-0.39, 0.29) is 24.9 Å². The maximum atomic E-state index is 14.8. The number of halogens is 2. The van der Waals surface area contributed by atoms with Crippen molar-refractivity contribution in [3.05, 3.63) is 35.2 Å². The van der Waals surface area contributed by atoms with E-state index >= 15 is 0 Å². The minimum absolute atomic E-state index is 0.153. The van der Waals surface area contributed by atoms with Crippen LogP contribution in [0.1, 0.15) is 33.6 Å². The predicted octanol–water partition coefficient (Wildman–Crippen LogP) is 3.97. The molecule has 1 N–H and O–H groups in total. The molecule has 31 heavy (non-hydrogen) atoms. The van der Waals surface area contributed by atoms with Gasteiger partial charge in [0, 0.05) is 18.7 Å². The molecule has 2 heterocycles. The Morgan fingerprint density at radius 3 is 2.61 bits per heavy atom. The molecule has 2 aliphatic heterocycles. The van der Waals surface area contributed by atoms with Crippen molar-refractivity contribution in [2.24, 2.45) is 0 Å². The fourth-order valence-corrected chi connectivity index (χ4v) is 3.60. The highest BCUT2D eigenvalue weighted by atomic mass is 35.5. The van der Waals surface area contributed by atoms with E-state index in [1.54, 1.807) is 12.1 Å². The normalized spacial score (nSPS) is 18.0. The van der Waals surface area contributed by atoms with Crippen LogP contribution in [0.4, 0.5) is 20.6 Å². The second kappa shape index (κ2) is 11.6. The lowest BCUT2D eigenvalue weighted by Crippen LogP contribution is -2.35. The van der Waals surface area contributed by atoms with Gasteiger partial charge in [0.05, 0.1) is 30.5 Å². The van der Waals surface area contributed by atoms with Crippen molar-refractivity contribution < 1.29 is 18.7 Å². The molecule has 0 aliphatic carbocycles. The molecular weight excluding hydrogens is 423 g/mol. The lowest BCUT2D eigenvalue weighted by atomic mass is 9.99. The Balaban J connectivity index is 0.00000166. The van der Waals surface area contributed by atoms with Crippen molar-refractivity contribution in [3.63, 3.8) is 0 Å². The molecule has 2 saturated heterocycles. The van der Waals surface area contributed by atoms with E-state index in [0.717, 1.165) is 24.0 Å². The zero-order valence-corrected chi connectivity index (χ0v) is 18.8. The van der Waals surface area contributed by atoms with Gasteiger partial charge in [0.15, 0.2) is 0 Å². The van der Waals surface area contributed by atoms with Crippen LogP contribution in [0.25, 0.3) is 0 Å². The van der Waals surface area contributed by atoms with E-state index < -0.39 is 18.0 Å². The number of hydrogen-bond donors (Lipinski definition) is 1. The first-order valence-electron chi connectivity index (χ1n) is 10.4. The number of carbonyl (C=O) groups is 2. The molecule has 0 radical (unpaired) electrons. The fourth-order valence-electron chi connectivity index (χ4n) is 3.51. The molecule has 7 nitrogen and oxygen atoms in total. The Morgan fingerprint density at radius 1 is 1.35 bits per heavy atom. The number of alkyl halides is 1. The standard InChI is InChI=1S/C20H22ClFN4O3.C2H6/c1-13(10-23)14-4-6-25(7-5-14)18-3-2-15(8-17(18)22)26-12-16(29-20(26)28)11-24-19(27)9-21;1-2/h2-3,8,16H,4-7,9,11-12H2,1H3,(H,24,27);1-2H3/t16-;/m0./s1. The fraction of sp³-hybridized carbons (Fsp3) is 0.500. The molecular formula is C22H28ClFN4O3. The summed E-state index contributed by atoms with van der Waals surface area (Å²) >= 11 is 5.43. The molecule has 1 aromatic carbocycles. The van der Waals surface area contributed by atoms with Gasteiger partial charge in [-0.15, -0.1) is 11.6 Å². The van der Waals surface area contributed by atoms with Crippen LogP contribution in [0.2, 0.25) is 0 Å². The van der Waals surface area contributed by atoms with E-state index in [2.05, 4.69) is 11.4 Å². The lowest BCUT2D eigenvalue weighted by Gasteiger charge is -2.31. The highest BCUT2D eigenvalue weighted by molar-refractivity contribution is 6.27. The van der Waals surface area contributed by atoms with Crippen LogP contribution < -0.4 is 15.1 Å². The number of nitrogens with zero attached hydrogens (tertiary/aromatic N) is 3. The van der Waals surface area contributed by atoms with Crippen LogP contribution in [0, 0.1) is 17.1 Å². The number of nitrogens with one attached hydrogen (secondary N) is 1. The van der Waals surface area contributed by atoms with Gasteiger partial charge in [-0.1, -0.05) is 19.4 Å². The Hall–Kier alpha value is -2.79. The Labute approximate surface area is 187 Å². The third kappa shape index (κ3) is 6.11. The van der Waals surface area contributed by atoms with Crippen LogP contribution in [-0.4, -0.2) is 50.2 Å². The zero-order chi connectivity index (χ0) is 23.0. The number of carbonyl (C=O) groups excluding carboxylic acids is 2. The predicted molar refractivity (Wildman–Crippen MR) is 119 cm³/mol. The number of nitriles is 1. The maximum absolute atomic E-state index is 14.8. The van der Waals surface area contributed by atoms with E-state index in [1.165, 1.54) is 11.0 Å². The Bertz CT molecular complexity index is 874. The van der Waals surface area contributed by atoms with Gasteiger partial charge in [0.25, 0.3) is 0 Å². The molecule has 1 atom stereocenters. The largest absolute Gasteiger partial charge is 0.442 e. The molecule has 0 saturated carbocycles. The van der Waals surface area contributed by atoms with E-state index in [9.17, 15) is 14.0 Å². The van der Waals surface area contributed by atoms with Gasteiger partial charge in [0.2, 0.25) is 5.91 Å². The second-order valence-electron chi connectivity index (χ2n) is 7.02. The van der Waals surface area contributed by atoms with Crippen molar-refractivity contribution in [1.82, 2.24) is 5.32 Å². The summed E-state index contributed by atoms with van der Waals surface area (Å²) in [5.41, 5.74) is 2.74. The Kier molecular flexibility index (Phi) is 9.13. The van der Waals surface area contributed by atoms with Crippen molar-refractivity contribution >= 4 is 35.0 Å². The zero-order valence-electron chi connectivity index (χ0n) is 18.1. The van der Waals surface area contributed by atoms with Crippen molar-refractivity contribution in [3.8, 4) is 6.07 Å². The summed E-state index contributed by atoms with van der Waals surface area (Å²) in [6, 6.07) is 6.84. The first kappa shape index (κ1) is 24.5. The molecule has 0 bridgehead atoms. The van der Waals surface area contributed by atoms with E-state index in [1.807, 2.05) is 25.7 Å². The van der Waals surface area contributed by atoms with Crippen molar-refractivity contribution in [1.29, 1.82) is 5.26 Å². The highest BCUT2D eigenvalue weighted by Crippen LogP contribution is 2.30. The summed E-state index contributed by atoms with van der Waals surface area (Å²) in [5, 5.41) is 11.6. The number of allylic oxidation sites excluding steroid dienone is 1. The summed E-state index contributed by atoms with van der Waals surface area (Å²) in [5.74, 6) is -0.930. The molecule has 2 amide bonds. The number of amides is 2. The van der Waals surface area contributed by atoms with E-state index in [0.29, 0.717) is 24.5 Å². The summed E-state index contributed by atoms with van der Waals surface area (Å²) in [7, 11) is 0. The number of cyclic esters (lactones) is 1. The molecule has 2 aliphatic rings. The molecule has 1 aromatic rings. The molecule has 9 heteroatoms. The lowest BCUT2D eigenvalue weighted by molar-refractivity contribution is -0.119. The third-order valence-corrected chi connectivity index (χ3v) is 5.41. The average molecular weight is 451 g/mol. The van der Waals surface area contributed by atoms with Gasteiger partial charge in [-0.3, -0.25) is 9.69 Å². The first-order valence-corrected chi connectivity index (χ1v) is 10.9. The minimum atomic E-state index is -0.581. The molecule has 0 unspecified atom stereocenters. The smallest absolute Gasteiger partial charge is 0.414 e. The number of hydrogen-bond acceptors (Lipinski definition) is 5. The van der Waals surface area contributed by atoms with Gasteiger partial charge in [-0.05, 0) is 38.0 Å². The maximum Gasteiger partial charge on any atom is 0.414 e. The van der Waals surface area contributed by atoms with Gasteiger partial charge in [-0.25, -0.2) is 9.18 Å². The summed E-state index contributed by atoms with van der Waals surface area (Å²) in [6.07, 6.45) is 0.360. The number of anilines is 2. The van der Waals surface area contributed by atoms with Gasteiger partial charge < -0.3 is 15.0 Å². The molecule has 0 spiro atoms. The van der Waals surface area contributed by atoms with Gasteiger partial charge in [0.1, 0.15) is 17.8 Å². The van der Waals surface area contributed by atoms with E-state index in [4.69, 9.17) is 21.6 Å². The van der Waals surface area contributed by atoms with Gasteiger partial charge >= 0.3 is 6.09 Å². The third-order valence-electron chi connectivity index (χ3n) is 5.17. The van der Waals surface area contributed by atoms with Gasteiger partial charge in [-0.2, -0.15) is 5.26 Å². The number of piperidine rings is 1. The summed E-state index contributed by atoms with van der Waals surface area (Å²) < 4.78 is 20.0. The van der Waals surface area contributed by atoms with Crippen LogP contribution in [0.5, 0.6) is 0 Å². The SMILES string of the molecule is CC.CC(C#N)=C1CCN(c2ccc(N3C[C@H](CNC(=O)CCl)OC3=O)cc2F)CC1. The molecule has 168 valence electrons. The van der Waals surface area contributed by atoms with Crippen LogP contribution in [0.15, 0.2) is 29.3 Å². The second-order valence-corrected chi connectivity index (χ2v) is 7.28. The number of benzene rings is 1. The molecule has 2 fully saturated rings. The summed E-state index contributed by atoms with van der Waals surface area (Å²) in [6.45, 7) is 7.45. The first-order chi connectivity index (χ1) is 14.9. The van der Waals surface area contributed by atoms with Crippen LogP contribution in [0.3, 0.4) is 0 Å². The quantitative estimate of drug-likeness (QED) is 0.541. The summed E-state index contributed by atoms with van der Waals surface area (Å²) in [4.78, 5) is 26.7. The topological polar surface area (TPSA) is 85.7 Å². The highest BCUT2D eigenvalue weighted by Gasteiger charge is 2.33. The van der Waals surface area contributed by atoms with Crippen molar-refractivity contribution in [2.75, 3.05) is 41.9 Å². The van der Waals surface area contributed by atoms with Crippen LogP contribution >= 0.6 is 11.6 Å². The van der Waals surface area contributed by atoms with Crippen LogP contribution in [-0.2, 0) is 9.53 Å². The molecule has 0 aromatic heterocycles. The Morgan fingerprint density at radius 2 is 2.03 bits per heavy atom. The number of rotatable bonds is 5. The monoisotopic (exact) mass is 450 g/mol. The molecule has 3 rings (SSSR count).